The molecule has 4 N–H and O–H groups in total. The van der Waals surface area contributed by atoms with Crippen molar-refractivity contribution in [3.05, 3.63) is 0 Å². The van der Waals surface area contributed by atoms with Crippen LogP contribution in [0, 0.1) is 0 Å². The maximum atomic E-state index is 8.24. The molecule has 0 heterocycles. The van der Waals surface area contributed by atoms with Gasteiger partial charge in [0.1, 0.15) is 0 Å². The molecule has 0 bridgehead atoms. The van der Waals surface area contributed by atoms with Crippen molar-refractivity contribution in [1.29, 1.82) is 0 Å². The van der Waals surface area contributed by atoms with E-state index in [4.69, 9.17) is 9.90 Å². The first-order chi connectivity index (χ1) is 1.41. The van der Waals surface area contributed by atoms with E-state index >= 15 is 0 Å². The van der Waals surface area contributed by atoms with Crippen molar-refractivity contribution < 1.29 is 49.7 Å². The van der Waals surface area contributed by atoms with Gasteiger partial charge in [-0.2, -0.15) is 0 Å². The number of hydrogen-bond acceptors (Lipinski definition) is 2. The predicted molar refractivity (Wildman–Crippen MR) is 14.5 cm³/mol. The van der Waals surface area contributed by atoms with Gasteiger partial charge in [0.25, 0.3) is 0 Å². The Morgan fingerprint density at radius 1 is 1.67 bits per heavy atom. The molecule has 3 nitrogen and oxygen atoms in total. The maximum absolute atomic E-state index is 8.24. The predicted octanol–water partition coefficient (Wildman–Crippen LogP) is -3.11. The van der Waals surface area contributed by atoms with E-state index in [1.54, 1.807) is 0 Å². The van der Waals surface area contributed by atoms with Gasteiger partial charge in [0.15, 0.2) is 0 Å². The molecule has 0 aromatic heterocycles. The molecular formula is CH5LiNO2Rh-. The summed E-state index contributed by atoms with van der Waals surface area (Å²) in [7, 11) is 0. The number of rotatable bonds is 0. The second-order valence-electron chi connectivity index (χ2n) is 0.0913. The maximum Gasteiger partial charge on any atom is 1.00 e. The Bertz CT molecular complexity index is 25.2. The standard InChI is InChI=1S/CHO2.Li.H3N.Rh.H/c2-1-3;;;;/h(H,2,3);;1H3;;/q-1;+1;;;-1. The molecule has 0 saturated heterocycles. The fraction of sp³-hybridized carbons (Fsp3) is 0. The summed E-state index contributed by atoms with van der Waals surface area (Å²) in [5, 5.41) is 6.76. The normalized spacial score (nSPS) is 2.00. The van der Waals surface area contributed by atoms with Gasteiger partial charge in [-0.3, -0.25) is 0 Å². The smallest absolute Gasteiger partial charge is 1.00 e. The Hall–Kier alpha value is 0.651. The van der Waals surface area contributed by atoms with Gasteiger partial charge in [-0.1, -0.05) is 6.47 Å². The molecule has 0 rings (SSSR count). The molecule has 0 aromatic rings. The van der Waals surface area contributed by atoms with E-state index in [0.717, 1.165) is 0 Å². The summed E-state index contributed by atoms with van der Waals surface area (Å²) in [5.41, 5.74) is 0. The van der Waals surface area contributed by atoms with Crippen LogP contribution in [0.4, 0.5) is 0 Å². The molecule has 0 unspecified atom stereocenters. The second kappa shape index (κ2) is 44.9. The van der Waals surface area contributed by atoms with Gasteiger partial charge in [0.2, 0.25) is 0 Å². The number of hydrogen-bond donors (Lipinski definition) is 2. The minimum absolute atomic E-state index is 0. The van der Waals surface area contributed by atoms with Crippen molar-refractivity contribution in [1.82, 2.24) is 6.15 Å². The Balaban J connectivity index is -0.00000000333. The van der Waals surface area contributed by atoms with Gasteiger partial charge in [0.05, 0.1) is 0 Å². The molecule has 0 aliphatic carbocycles. The molecule has 1 radical (unpaired) electrons. The fourth-order valence-electron chi connectivity index (χ4n) is 0. The van der Waals surface area contributed by atoms with Crippen LogP contribution in [0.15, 0.2) is 0 Å². The summed E-state index contributed by atoms with van der Waals surface area (Å²) < 4.78 is 0. The van der Waals surface area contributed by atoms with Gasteiger partial charge in [0, 0.05) is 19.5 Å². The van der Waals surface area contributed by atoms with Crippen molar-refractivity contribution in [3.63, 3.8) is 0 Å². The average Bonchev–Trinajstić information content (AvgIpc) is 0.918. The fourth-order valence-corrected chi connectivity index (χ4v) is 0. The molecule has 37 valence electrons. The van der Waals surface area contributed by atoms with Crippen LogP contribution in [0.1, 0.15) is 1.43 Å². The topological polar surface area (TPSA) is 72.3 Å². The molecule has 0 aliphatic heterocycles. The van der Waals surface area contributed by atoms with E-state index in [1.807, 2.05) is 0 Å². The third-order valence-electron chi connectivity index (χ3n) is 0. The molecule has 6 heavy (non-hydrogen) atoms. The molecule has 0 aliphatic rings. The van der Waals surface area contributed by atoms with Gasteiger partial charge in [-0.25, -0.2) is 0 Å². The van der Waals surface area contributed by atoms with Crippen molar-refractivity contribution in [3.8, 4) is 0 Å². The Labute approximate surface area is 62.5 Å². The monoisotopic (exact) mass is 173 g/mol. The average molecular weight is 173 g/mol. The van der Waals surface area contributed by atoms with E-state index in [1.165, 1.54) is 0 Å². The summed E-state index contributed by atoms with van der Waals surface area (Å²) in [5.74, 6) is 0. The third kappa shape index (κ3) is 146. The van der Waals surface area contributed by atoms with Crippen LogP contribution in [-0.2, 0) is 24.3 Å². The zero-order valence-electron chi connectivity index (χ0n) is 4.40. The second-order valence-corrected chi connectivity index (χ2v) is 0.0913. The van der Waals surface area contributed by atoms with Crippen LogP contribution in [0.3, 0.4) is 0 Å². The van der Waals surface area contributed by atoms with Crippen LogP contribution >= 0.6 is 0 Å². The first-order valence-corrected chi connectivity index (χ1v) is 0.428. The summed E-state index contributed by atoms with van der Waals surface area (Å²) in [6.07, 6.45) is 0. The van der Waals surface area contributed by atoms with E-state index in [2.05, 4.69) is 0 Å². The van der Waals surface area contributed by atoms with Crippen LogP contribution in [-0.4, -0.2) is 11.6 Å². The van der Waals surface area contributed by atoms with E-state index < -0.39 is 0 Å². The summed E-state index contributed by atoms with van der Waals surface area (Å²) in [6.45, 7) is 0.500. The first kappa shape index (κ1) is 30.2. The molecular weight excluding hydrogens is 168 g/mol. The van der Waals surface area contributed by atoms with Crippen molar-refractivity contribution in [2.45, 2.75) is 0 Å². The first-order valence-electron chi connectivity index (χ1n) is 0.428. The van der Waals surface area contributed by atoms with E-state index in [0.29, 0.717) is 6.47 Å². The molecule has 5 heteroatoms. The third-order valence-corrected chi connectivity index (χ3v) is 0. The van der Waals surface area contributed by atoms with Crippen LogP contribution < -0.4 is 25.0 Å². The van der Waals surface area contributed by atoms with Crippen LogP contribution in [0.25, 0.3) is 0 Å². The molecule has 0 amide bonds. The minimum atomic E-state index is 0. The Morgan fingerprint density at radius 2 is 1.67 bits per heavy atom. The van der Waals surface area contributed by atoms with Crippen molar-refractivity contribution in [2.24, 2.45) is 0 Å². The van der Waals surface area contributed by atoms with E-state index in [-0.39, 0.29) is 45.9 Å². The molecule has 0 aromatic carbocycles. The molecule has 0 fully saturated rings. The Kier molecular flexibility index (Phi) is 226. The molecule has 0 spiro atoms. The van der Waals surface area contributed by atoms with Gasteiger partial charge in [-0.15, -0.1) is 0 Å². The van der Waals surface area contributed by atoms with Crippen LogP contribution in [0.5, 0.6) is 0 Å². The van der Waals surface area contributed by atoms with E-state index in [9.17, 15) is 0 Å². The zero-order chi connectivity index (χ0) is 2.71. The summed E-state index contributed by atoms with van der Waals surface area (Å²) >= 11 is 0. The number of aliphatic hydroxyl groups excluding tert-OH is 1. The summed E-state index contributed by atoms with van der Waals surface area (Å²) in [6, 6.07) is 0. The summed E-state index contributed by atoms with van der Waals surface area (Å²) in [4.78, 5) is 8.24. The Morgan fingerprint density at radius 3 is 1.67 bits per heavy atom. The van der Waals surface area contributed by atoms with Crippen molar-refractivity contribution >= 4 is 6.47 Å². The molecule has 0 atom stereocenters. The minimum Gasteiger partial charge on any atom is -1.00 e. The zero-order valence-corrected chi connectivity index (χ0v) is 5.03. The SMILES string of the molecule is N.O=[C-]O.[H-].[Li+].[Rh]. The quantitative estimate of drug-likeness (QED) is 0.300. The van der Waals surface area contributed by atoms with Gasteiger partial charge < -0.3 is 17.5 Å². The molecule has 0 saturated carbocycles. The van der Waals surface area contributed by atoms with Gasteiger partial charge >= 0.3 is 18.9 Å². The van der Waals surface area contributed by atoms with Gasteiger partial charge in [-0.05, 0) is 0 Å². The van der Waals surface area contributed by atoms with Crippen LogP contribution in [0.2, 0.25) is 0 Å². The van der Waals surface area contributed by atoms with Crippen molar-refractivity contribution in [2.75, 3.05) is 0 Å². The largest absolute Gasteiger partial charge is 1.00 e.